The topological polar surface area (TPSA) is 82.5 Å². The van der Waals surface area contributed by atoms with Gasteiger partial charge in [-0.2, -0.15) is 0 Å². The molecule has 1 aliphatic carbocycles. The van der Waals surface area contributed by atoms with Crippen molar-refractivity contribution in [2.45, 2.75) is 25.8 Å². The predicted octanol–water partition coefficient (Wildman–Crippen LogP) is 1.03. The first kappa shape index (κ1) is 13.0. The van der Waals surface area contributed by atoms with Crippen LogP contribution < -0.4 is 5.32 Å². The van der Waals surface area contributed by atoms with Crippen LogP contribution in [0.15, 0.2) is 18.3 Å². The quantitative estimate of drug-likeness (QED) is 0.673. The van der Waals surface area contributed by atoms with E-state index in [1.165, 1.54) is 19.0 Å². The average molecular weight is 250 g/mol. The molecule has 5 heteroatoms. The van der Waals surface area contributed by atoms with Crippen molar-refractivity contribution in [3.8, 4) is 0 Å². The Labute approximate surface area is 106 Å². The lowest BCUT2D eigenvalue weighted by atomic mass is 10.0. The van der Waals surface area contributed by atoms with Gasteiger partial charge >= 0.3 is 5.97 Å². The van der Waals surface area contributed by atoms with E-state index in [2.05, 4.69) is 10.3 Å². The second kappa shape index (κ2) is 5.46. The SMILES string of the molecule is O=C(O)c1ccc(CNCC2(CCO)CC2)nc1. The molecular formula is C13H18N2O3. The summed E-state index contributed by atoms with van der Waals surface area (Å²) >= 11 is 0. The van der Waals surface area contributed by atoms with Crippen LogP contribution in [0.5, 0.6) is 0 Å². The van der Waals surface area contributed by atoms with E-state index in [1.807, 2.05) is 0 Å². The first-order chi connectivity index (χ1) is 8.65. The number of carboxylic acid groups (broad SMARTS) is 1. The number of nitrogens with zero attached hydrogens (tertiary/aromatic N) is 1. The number of nitrogens with one attached hydrogen (secondary N) is 1. The van der Waals surface area contributed by atoms with Gasteiger partial charge in [0.1, 0.15) is 0 Å². The lowest BCUT2D eigenvalue weighted by Gasteiger charge is -2.14. The standard InChI is InChI=1S/C13H18N2O3/c16-6-5-13(3-4-13)9-14-8-11-2-1-10(7-15-11)12(17)18/h1-2,7,14,16H,3-6,8-9H2,(H,17,18). The van der Waals surface area contributed by atoms with Gasteiger partial charge in [-0.1, -0.05) is 0 Å². The van der Waals surface area contributed by atoms with Gasteiger partial charge in [0, 0.05) is 25.9 Å². The molecule has 1 aromatic rings. The lowest BCUT2D eigenvalue weighted by molar-refractivity contribution is 0.0696. The van der Waals surface area contributed by atoms with Gasteiger partial charge < -0.3 is 15.5 Å². The Morgan fingerprint density at radius 3 is 2.72 bits per heavy atom. The number of carboxylic acids is 1. The van der Waals surface area contributed by atoms with Crippen LogP contribution in [0.25, 0.3) is 0 Å². The molecule has 0 spiro atoms. The van der Waals surface area contributed by atoms with Crippen LogP contribution in [0.3, 0.4) is 0 Å². The van der Waals surface area contributed by atoms with Crippen LogP contribution in [-0.2, 0) is 6.54 Å². The highest BCUT2D eigenvalue weighted by Crippen LogP contribution is 2.47. The molecule has 1 saturated carbocycles. The Bertz CT molecular complexity index is 413. The van der Waals surface area contributed by atoms with Crippen LogP contribution in [0.1, 0.15) is 35.3 Å². The van der Waals surface area contributed by atoms with Gasteiger partial charge in [-0.25, -0.2) is 4.79 Å². The van der Waals surface area contributed by atoms with Crippen molar-refractivity contribution in [2.75, 3.05) is 13.2 Å². The molecule has 0 bridgehead atoms. The van der Waals surface area contributed by atoms with E-state index < -0.39 is 5.97 Å². The highest BCUT2D eigenvalue weighted by Gasteiger charge is 2.41. The highest BCUT2D eigenvalue weighted by molar-refractivity contribution is 5.87. The van der Waals surface area contributed by atoms with E-state index in [4.69, 9.17) is 10.2 Å². The third-order valence-electron chi connectivity index (χ3n) is 3.48. The maximum atomic E-state index is 10.7. The summed E-state index contributed by atoms with van der Waals surface area (Å²) in [6.45, 7) is 1.76. The van der Waals surface area contributed by atoms with Crippen molar-refractivity contribution in [2.24, 2.45) is 5.41 Å². The molecular weight excluding hydrogens is 232 g/mol. The molecule has 0 unspecified atom stereocenters. The Hall–Kier alpha value is -1.46. The lowest BCUT2D eigenvalue weighted by Crippen LogP contribution is -2.24. The summed E-state index contributed by atoms with van der Waals surface area (Å²) in [6, 6.07) is 3.29. The maximum Gasteiger partial charge on any atom is 0.337 e. The fraction of sp³-hybridized carbons (Fsp3) is 0.538. The van der Waals surface area contributed by atoms with Gasteiger partial charge in [-0.05, 0) is 36.8 Å². The number of aromatic carboxylic acids is 1. The van der Waals surface area contributed by atoms with Gasteiger partial charge in [0.15, 0.2) is 0 Å². The summed E-state index contributed by atoms with van der Waals surface area (Å²) in [5.41, 5.74) is 1.33. The van der Waals surface area contributed by atoms with Crippen LogP contribution >= 0.6 is 0 Å². The molecule has 2 rings (SSSR count). The molecule has 0 aliphatic heterocycles. The molecule has 0 aromatic carbocycles. The molecule has 5 nitrogen and oxygen atoms in total. The highest BCUT2D eigenvalue weighted by atomic mass is 16.4. The average Bonchev–Trinajstić information content (AvgIpc) is 3.10. The zero-order valence-corrected chi connectivity index (χ0v) is 10.2. The molecule has 0 atom stereocenters. The summed E-state index contributed by atoms with van der Waals surface area (Å²) in [5.74, 6) is -0.957. The second-order valence-electron chi connectivity index (χ2n) is 4.92. The molecule has 3 N–H and O–H groups in total. The number of hydrogen-bond donors (Lipinski definition) is 3. The summed E-state index contributed by atoms with van der Waals surface area (Å²) in [7, 11) is 0. The molecule has 1 aliphatic rings. The summed E-state index contributed by atoms with van der Waals surface area (Å²) < 4.78 is 0. The second-order valence-corrected chi connectivity index (χ2v) is 4.92. The van der Waals surface area contributed by atoms with Gasteiger partial charge in [0.05, 0.1) is 11.3 Å². The number of carbonyl (C=O) groups is 1. The van der Waals surface area contributed by atoms with Crippen LogP contribution in [-0.4, -0.2) is 34.3 Å². The number of pyridine rings is 1. The largest absolute Gasteiger partial charge is 0.478 e. The van der Waals surface area contributed by atoms with E-state index in [-0.39, 0.29) is 17.6 Å². The number of hydrogen-bond acceptors (Lipinski definition) is 4. The van der Waals surface area contributed by atoms with Crippen LogP contribution in [0.4, 0.5) is 0 Å². The summed E-state index contributed by atoms with van der Waals surface area (Å²) in [4.78, 5) is 14.8. The van der Waals surface area contributed by atoms with Gasteiger partial charge in [0.2, 0.25) is 0 Å². The zero-order chi connectivity index (χ0) is 13.0. The Kier molecular flexibility index (Phi) is 3.93. The normalized spacial score (nSPS) is 16.5. The molecule has 1 heterocycles. The monoisotopic (exact) mass is 250 g/mol. The fourth-order valence-corrected chi connectivity index (χ4v) is 2.04. The molecule has 0 amide bonds. The van der Waals surface area contributed by atoms with Crippen molar-refractivity contribution in [1.82, 2.24) is 10.3 Å². The van der Waals surface area contributed by atoms with E-state index in [0.29, 0.717) is 6.54 Å². The smallest absolute Gasteiger partial charge is 0.337 e. The summed E-state index contributed by atoms with van der Waals surface area (Å²) in [5, 5.41) is 21.0. The maximum absolute atomic E-state index is 10.7. The van der Waals surface area contributed by atoms with Gasteiger partial charge in [-0.15, -0.1) is 0 Å². The van der Waals surface area contributed by atoms with Crippen molar-refractivity contribution >= 4 is 5.97 Å². The Balaban J connectivity index is 1.78. The van der Waals surface area contributed by atoms with E-state index >= 15 is 0 Å². The minimum absolute atomic E-state index is 0.206. The first-order valence-electron chi connectivity index (χ1n) is 6.15. The van der Waals surface area contributed by atoms with Crippen LogP contribution in [0, 0.1) is 5.41 Å². The van der Waals surface area contributed by atoms with Gasteiger partial charge in [0.25, 0.3) is 0 Å². The molecule has 1 fully saturated rings. The fourth-order valence-electron chi connectivity index (χ4n) is 2.04. The molecule has 98 valence electrons. The number of aliphatic hydroxyl groups is 1. The van der Waals surface area contributed by atoms with Crippen molar-refractivity contribution in [3.63, 3.8) is 0 Å². The van der Waals surface area contributed by atoms with Gasteiger partial charge in [-0.3, -0.25) is 4.98 Å². The third-order valence-corrected chi connectivity index (χ3v) is 3.48. The summed E-state index contributed by atoms with van der Waals surface area (Å²) in [6.07, 6.45) is 4.57. The molecule has 0 radical (unpaired) electrons. The number of rotatable bonds is 7. The van der Waals surface area contributed by atoms with E-state index in [0.717, 1.165) is 18.7 Å². The van der Waals surface area contributed by atoms with Crippen molar-refractivity contribution in [1.29, 1.82) is 0 Å². The van der Waals surface area contributed by atoms with Crippen LogP contribution in [0.2, 0.25) is 0 Å². The Morgan fingerprint density at radius 2 is 2.22 bits per heavy atom. The zero-order valence-electron chi connectivity index (χ0n) is 10.2. The molecule has 0 saturated heterocycles. The predicted molar refractivity (Wildman–Crippen MR) is 66.3 cm³/mol. The van der Waals surface area contributed by atoms with Crippen molar-refractivity contribution in [3.05, 3.63) is 29.6 Å². The first-order valence-corrected chi connectivity index (χ1v) is 6.15. The number of aliphatic hydroxyl groups excluding tert-OH is 1. The third kappa shape index (κ3) is 3.27. The number of aromatic nitrogens is 1. The van der Waals surface area contributed by atoms with E-state index in [9.17, 15) is 4.79 Å². The van der Waals surface area contributed by atoms with E-state index in [1.54, 1.807) is 12.1 Å². The molecule has 1 aromatic heterocycles. The minimum atomic E-state index is -0.957. The minimum Gasteiger partial charge on any atom is -0.478 e. The molecule has 18 heavy (non-hydrogen) atoms. The Morgan fingerprint density at radius 1 is 1.44 bits per heavy atom. The van der Waals surface area contributed by atoms with Crippen molar-refractivity contribution < 1.29 is 15.0 Å².